The van der Waals surface area contributed by atoms with E-state index in [-0.39, 0.29) is 6.09 Å². The number of ether oxygens (including phenoxy) is 1. The first-order valence-electron chi connectivity index (χ1n) is 6.21. The van der Waals surface area contributed by atoms with E-state index in [0.29, 0.717) is 12.6 Å². The van der Waals surface area contributed by atoms with Gasteiger partial charge in [0.15, 0.2) is 0 Å². The van der Waals surface area contributed by atoms with Crippen LogP contribution in [0.2, 0.25) is 0 Å². The van der Waals surface area contributed by atoms with Crippen molar-refractivity contribution >= 4 is 6.09 Å². The molecule has 1 unspecified atom stereocenters. The monoisotopic (exact) mass is 233 g/mol. The molecule has 1 aromatic rings. The van der Waals surface area contributed by atoms with Crippen LogP contribution in [0.1, 0.15) is 31.7 Å². The molecule has 3 heteroatoms. The highest BCUT2D eigenvalue weighted by Gasteiger charge is 2.22. The van der Waals surface area contributed by atoms with Crippen molar-refractivity contribution in [1.82, 2.24) is 5.32 Å². The minimum atomic E-state index is -0.298. The second-order valence-electron chi connectivity index (χ2n) is 4.82. The van der Waals surface area contributed by atoms with Gasteiger partial charge in [-0.2, -0.15) is 0 Å². The van der Waals surface area contributed by atoms with Crippen LogP contribution in [0.5, 0.6) is 0 Å². The highest BCUT2D eigenvalue weighted by atomic mass is 16.5. The third-order valence-electron chi connectivity index (χ3n) is 3.23. The lowest BCUT2D eigenvalue weighted by Crippen LogP contribution is -2.33. The van der Waals surface area contributed by atoms with Crippen LogP contribution in [0.3, 0.4) is 0 Å². The van der Waals surface area contributed by atoms with Gasteiger partial charge in [-0.1, -0.05) is 37.3 Å². The van der Waals surface area contributed by atoms with Crippen molar-refractivity contribution < 1.29 is 9.53 Å². The molecular formula is C14H19NO2. The van der Waals surface area contributed by atoms with Gasteiger partial charge in [0, 0.05) is 6.04 Å². The molecule has 1 saturated carbocycles. The van der Waals surface area contributed by atoms with E-state index < -0.39 is 0 Å². The molecule has 0 bridgehead atoms. The van der Waals surface area contributed by atoms with Crippen molar-refractivity contribution in [1.29, 1.82) is 0 Å². The van der Waals surface area contributed by atoms with E-state index in [2.05, 4.69) is 12.2 Å². The Morgan fingerprint density at radius 1 is 1.35 bits per heavy atom. The van der Waals surface area contributed by atoms with Crippen molar-refractivity contribution in [2.75, 3.05) is 0 Å². The van der Waals surface area contributed by atoms with Crippen molar-refractivity contribution in [3.8, 4) is 0 Å². The molecule has 92 valence electrons. The topological polar surface area (TPSA) is 38.3 Å². The Morgan fingerprint density at radius 2 is 2.12 bits per heavy atom. The molecule has 0 aromatic heterocycles. The average Bonchev–Trinajstić information content (AvgIpc) is 2.73. The number of nitrogens with one attached hydrogen (secondary N) is 1. The zero-order valence-electron chi connectivity index (χ0n) is 10.2. The molecule has 2 rings (SSSR count). The number of hydrogen-bond acceptors (Lipinski definition) is 2. The Hall–Kier alpha value is -1.51. The van der Waals surface area contributed by atoms with Gasteiger partial charge in [0.25, 0.3) is 0 Å². The molecule has 0 radical (unpaired) electrons. The molecule has 1 aromatic carbocycles. The first-order chi connectivity index (χ1) is 8.24. The zero-order chi connectivity index (χ0) is 12.1. The molecule has 2 atom stereocenters. The van der Waals surface area contributed by atoms with Gasteiger partial charge < -0.3 is 10.1 Å². The van der Waals surface area contributed by atoms with E-state index >= 15 is 0 Å². The minimum Gasteiger partial charge on any atom is -0.445 e. The fraction of sp³-hybridized carbons (Fsp3) is 0.500. The Balaban J connectivity index is 1.71. The van der Waals surface area contributed by atoms with E-state index in [1.165, 1.54) is 6.42 Å². The quantitative estimate of drug-likeness (QED) is 0.871. The third-order valence-corrected chi connectivity index (χ3v) is 3.23. The fourth-order valence-corrected chi connectivity index (χ4v) is 2.27. The first kappa shape index (κ1) is 12.0. The second kappa shape index (κ2) is 5.71. The highest BCUT2D eigenvalue weighted by Crippen LogP contribution is 2.24. The van der Waals surface area contributed by atoms with E-state index in [9.17, 15) is 4.79 Å². The van der Waals surface area contributed by atoms with E-state index in [1.807, 2.05) is 30.3 Å². The van der Waals surface area contributed by atoms with Gasteiger partial charge in [-0.25, -0.2) is 4.79 Å². The Bertz CT molecular complexity index is 364. The molecule has 1 N–H and O–H groups in total. The third kappa shape index (κ3) is 3.77. The number of alkyl carbamates (subject to hydrolysis) is 1. The Kier molecular flexibility index (Phi) is 4.02. The fourth-order valence-electron chi connectivity index (χ4n) is 2.27. The van der Waals surface area contributed by atoms with Crippen LogP contribution in [0, 0.1) is 5.92 Å². The van der Waals surface area contributed by atoms with Gasteiger partial charge in [-0.3, -0.25) is 0 Å². The van der Waals surface area contributed by atoms with Gasteiger partial charge in [0.2, 0.25) is 0 Å². The average molecular weight is 233 g/mol. The van der Waals surface area contributed by atoms with Crippen LogP contribution in [0.4, 0.5) is 4.79 Å². The van der Waals surface area contributed by atoms with Crippen LogP contribution in [0.25, 0.3) is 0 Å². The van der Waals surface area contributed by atoms with E-state index in [4.69, 9.17) is 4.74 Å². The summed E-state index contributed by atoms with van der Waals surface area (Å²) >= 11 is 0. The van der Waals surface area contributed by atoms with Gasteiger partial charge in [0.1, 0.15) is 6.61 Å². The zero-order valence-corrected chi connectivity index (χ0v) is 10.2. The SMILES string of the molecule is CC1CC[C@H](NC(=O)OCc2ccccc2)C1. The molecule has 3 nitrogen and oxygen atoms in total. The standard InChI is InChI=1S/C14H19NO2/c1-11-7-8-13(9-11)15-14(16)17-10-12-5-3-2-4-6-12/h2-6,11,13H,7-10H2,1H3,(H,15,16)/t11?,13-/m0/s1. The first-order valence-corrected chi connectivity index (χ1v) is 6.21. The number of carbonyl (C=O) groups is 1. The predicted octanol–water partition coefficient (Wildman–Crippen LogP) is 3.10. The summed E-state index contributed by atoms with van der Waals surface area (Å²) in [6.07, 6.45) is 3.04. The summed E-state index contributed by atoms with van der Waals surface area (Å²) in [5.74, 6) is 0.717. The molecule has 1 aliphatic rings. The normalized spacial score (nSPS) is 23.4. The molecule has 17 heavy (non-hydrogen) atoms. The van der Waals surface area contributed by atoms with Crippen molar-refractivity contribution in [2.45, 2.75) is 38.8 Å². The van der Waals surface area contributed by atoms with Crippen molar-refractivity contribution in [3.63, 3.8) is 0 Å². The van der Waals surface area contributed by atoms with Crippen LogP contribution in [-0.4, -0.2) is 12.1 Å². The van der Waals surface area contributed by atoms with Crippen molar-refractivity contribution in [2.24, 2.45) is 5.92 Å². The lowest BCUT2D eigenvalue weighted by molar-refractivity contribution is 0.135. The van der Waals surface area contributed by atoms with Crippen LogP contribution in [-0.2, 0) is 11.3 Å². The maximum Gasteiger partial charge on any atom is 0.407 e. The molecule has 1 aliphatic carbocycles. The van der Waals surface area contributed by atoms with Gasteiger partial charge in [-0.05, 0) is 30.7 Å². The molecular weight excluding hydrogens is 214 g/mol. The maximum atomic E-state index is 11.5. The van der Waals surface area contributed by atoms with Gasteiger partial charge in [0.05, 0.1) is 0 Å². The molecule has 1 fully saturated rings. The minimum absolute atomic E-state index is 0.298. The summed E-state index contributed by atoms with van der Waals surface area (Å²) in [4.78, 5) is 11.5. The second-order valence-corrected chi connectivity index (χ2v) is 4.82. The Morgan fingerprint density at radius 3 is 2.76 bits per heavy atom. The van der Waals surface area contributed by atoms with Crippen LogP contribution in [0.15, 0.2) is 30.3 Å². The summed E-state index contributed by atoms with van der Waals surface area (Å²) < 4.78 is 5.18. The molecule has 0 saturated heterocycles. The highest BCUT2D eigenvalue weighted by molar-refractivity contribution is 5.67. The van der Waals surface area contributed by atoms with Crippen LogP contribution < -0.4 is 5.32 Å². The van der Waals surface area contributed by atoms with E-state index in [1.54, 1.807) is 0 Å². The van der Waals surface area contributed by atoms with E-state index in [0.717, 1.165) is 24.3 Å². The number of benzene rings is 1. The molecule has 0 aliphatic heterocycles. The summed E-state index contributed by atoms with van der Waals surface area (Å²) in [5, 5.41) is 2.92. The lowest BCUT2D eigenvalue weighted by atomic mass is 10.1. The Labute approximate surface area is 102 Å². The number of hydrogen-bond donors (Lipinski definition) is 1. The maximum absolute atomic E-state index is 11.5. The summed E-state index contributed by atoms with van der Waals surface area (Å²) in [7, 11) is 0. The molecule has 0 heterocycles. The predicted molar refractivity (Wildman–Crippen MR) is 66.6 cm³/mol. The van der Waals surface area contributed by atoms with Crippen molar-refractivity contribution in [3.05, 3.63) is 35.9 Å². The lowest BCUT2D eigenvalue weighted by Gasteiger charge is -2.12. The summed E-state index contributed by atoms with van der Waals surface area (Å²) in [5.41, 5.74) is 1.02. The van der Waals surface area contributed by atoms with Crippen LogP contribution >= 0.6 is 0 Å². The number of amides is 1. The number of carbonyl (C=O) groups excluding carboxylic acids is 1. The number of rotatable bonds is 3. The summed E-state index contributed by atoms with van der Waals surface area (Å²) in [6.45, 7) is 2.56. The molecule has 0 spiro atoms. The summed E-state index contributed by atoms with van der Waals surface area (Å²) in [6, 6.07) is 10.0. The largest absolute Gasteiger partial charge is 0.445 e. The smallest absolute Gasteiger partial charge is 0.407 e. The van der Waals surface area contributed by atoms with Gasteiger partial charge >= 0.3 is 6.09 Å². The molecule has 1 amide bonds. The van der Waals surface area contributed by atoms with Gasteiger partial charge in [-0.15, -0.1) is 0 Å².